The van der Waals surface area contributed by atoms with Crippen molar-refractivity contribution in [2.24, 2.45) is 0 Å². The number of halogens is 3. The van der Waals surface area contributed by atoms with Crippen LogP contribution in [0, 0.1) is 0 Å². The lowest BCUT2D eigenvalue weighted by Crippen LogP contribution is -1.97. The minimum absolute atomic E-state index is 0.0285. The van der Waals surface area contributed by atoms with E-state index in [1.807, 2.05) is 6.07 Å². The Morgan fingerprint density at radius 1 is 1.00 bits per heavy atom. The number of ether oxygens (including phenoxy) is 1. The first-order chi connectivity index (χ1) is 9.56. The van der Waals surface area contributed by atoms with Gasteiger partial charge >= 0.3 is 0 Å². The Hall–Kier alpha value is -0.930. The molecule has 5 heteroatoms. The van der Waals surface area contributed by atoms with E-state index in [0.29, 0.717) is 27.2 Å². The molecule has 0 aliphatic heterocycles. The number of aliphatic hydroxyl groups excluding tert-OH is 1. The van der Waals surface area contributed by atoms with Crippen LogP contribution in [-0.4, -0.2) is 18.8 Å². The molecule has 0 spiro atoms. The van der Waals surface area contributed by atoms with Gasteiger partial charge in [-0.15, -0.1) is 0 Å². The largest absolute Gasteiger partial charge is 0.496 e. The average Bonchev–Trinajstić information content (AvgIpc) is 2.43. The Balaban J connectivity index is 2.61. The maximum absolute atomic E-state index is 9.13. The lowest BCUT2D eigenvalue weighted by atomic mass is 10.0. The third-order valence-corrected chi connectivity index (χ3v) is 3.85. The fourth-order valence-corrected chi connectivity index (χ4v) is 2.66. The zero-order chi connectivity index (χ0) is 14.7. The SMILES string of the molecule is COc1cc(Cl)c(-c2cc(Cl)ccc2Cl)cc1CCO. The van der Waals surface area contributed by atoms with Gasteiger partial charge in [-0.25, -0.2) is 0 Å². The van der Waals surface area contributed by atoms with Crippen LogP contribution in [0.4, 0.5) is 0 Å². The molecule has 0 bridgehead atoms. The van der Waals surface area contributed by atoms with Crippen molar-refractivity contribution in [1.29, 1.82) is 0 Å². The molecule has 0 atom stereocenters. The third kappa shape index (κ3) is 3.21. The minimum atomic E-state index is 0.0285. The Bertz CT molecular complexity index is 627. The summed E-state index contributed by atoms with van der Waals surface area (Å²) in [7, 11) is 1.57. The van der Waals surface area contributed by atoms with Crippen LogP contribution in [0.3, 0.4) is 0 Å². The number of aliphatic hydroxyl groups is 1. The van der Waals surface area contributed by atoms with Crippen LogP contribution in [0.25, 0.3) is 11.1 Å². The molecule has 0 aromatic heterocycles. The summed E-state index contributed by atoms with van der Waals surface area (Å²) in [6.07, 6.45) is 0.478. The maximum atomic E-state index is 9.13. The van der Waals surface area contributed by atoms with Gasteiger partial charge in [-0.3, -0.25) is 0 Å². The van der Waals surface area contributed by atoms with Crippen LogP contribution >= 0.6 is 34.8 Å². The zero-order valence-electron chi connectivity index (χ0n) is 10.8. The number of hydrogen-bond acceptors (Lipinski definition) is 2. The number of methoxy groups -OCH3 is 1. The molecule has 2 aromatic rings. The van der Waals surface area contributed by atoms with Gasteiger partial charge in [-0.05, 0) is 42.3 Å². The summed E-state index contributed by atoms with van der Waals surface area (Å²) in [6.45, 7) is 0.0285. The molecule has 0 saturated heterocycles. The molecular formula is C15H13Cl3O2. The highest BCUT2D eigenvalue weighted by atomic mass is 35.5. The highest BCUT2D eigenvalue weighted by Gasteiger charge is 2.13. The molecule has 0 saturated carbocycles. The van der Waals surface area contributed by atoms with Gasteiger partial charge in [0, 0.05) is 27.8 Å². The standard InChI is InChI=1S/C15H13Cl3O2/c1-20-15-8-14(18)11(6-9(15)4-5-19)12-7-10(16)2-3-13(12)17/h2-3,6-8,19H,4-5H2,1H3. The molecule has 0 aliphatic carbocycles. The van der Waals surface area contributed by atoms with E-state index in [-0.39, 0.29) is 6.61 Å². The van der Waals surface area contributed by atoms with Crippen molar-refractivity contribution in [1.82, 2.24) is 0 Å². The predicted octanol–water partition coefficient (Wildman–Crippen LogP) is 4.86. The van der Waals surface area contributed by atoms with Crippen molar-refractivity contribution in [2.45, 2.75) is 6.42 Å². The second-order valence-corrected chi connectivity index (χ2v) is 5.49. The van der Waals surface area contributed by atoms with E-state index in [9.17, 15) is 0 Å². The van der Waals surface area contributed by atoms with Crippen LogP contribution in [-0.2, 0) is 6.42 Å². The quantitative estimate of drug-likeness (QED) is 0.867. The molecule has 0 aliphatic rings. The van der Waals surface area contributed by atoms with E-state index in [2.05, 4.69) is 0 Å². The molecule has 0 unspecified atom stereocenters. The maximum Gasteiger partial charge on any atom is 0.123 e. The summed E-state index contributed by atoms with van der Waals surface area (Å²) in [4.78, 5) is 0. The second-order valence-electron chi connectivity index (χ2n) is 4.24. The van der Waals surface area contributed by atoms with Crippen molar-refractivity contribution in [3.63, 3.8) is 0 Å². The molecule has 0 heterocycles. The molecule has 20 heavy (non-hydrogen) atoms. The minimum Gasteiger partial charge on any atom is -0.496 e. The highest BCUT2D eigenvalue weighted by molar-refractivity contribution is 6.37. The van der Waals surface area contributed by atoms with Crippen LogP contribution in [0.15, 0.2) is 30.3 Å². The van der Waals surface area contributed by atoms with Gasteiger partial charge in [-0.2, -0.15) is 0 Å². The van der Waals surface area contributed by atoms with Gasteiger partial charge in [0.2, 0.25) is 0 Å². The summed E-state index contributed by atoms with van der Waals surface area (Å²) in [5, 5.41) is 10.8. The van der Waals surface area contributed by atoms with Crippen molar-refractivity contribution < 1.29 is 9.84 Å². The van der Waals surface area contributed by atoms with Gasteiger partial charge in [0.25, 0.3) is 0 Å². The van der Waals surface area contributed by atoms with Crippen LogP contribution < -0.4 is 4.74 Å². The second kappa shape index (κ2) is 6.68. The van der Waals surface area contributed by atoms with E-state index < -0.39 is 0 Å². The molecule has 1 N–H and O–H groups in total. The summed E-state index contributed by atoms with van der Waals surface area (Å²) in [5.41, 5.74) is 2.39. The van der Waals surface area contributed by atoms with Gasteiger partial charge in [0.15, 0.2) is 0 Å². The first kappa shape index (κ1) is 15.5. The molecular weight excluding hydrogens is 319 g/mol. The third-order valence-electron chi connectivity index (χ3n) is 2.97. The van der Waals surface area contributed by atoms with Gasteiger partial charge in [0.1, 0.15) is 5.75 Å². The van der Waals surface area contributed by atoms with Gasteiger partial charge < -0.3 is 9.84 Å². The molecule has 0 radical (unpaired) electrons. The molecule has 2 rings (SSSR count). The predicted molar refractivity (Wildman–Crippen MR) is 84.2 cm³/mol. The monoisotopic (exact) mass is 330 g/mol. The molecule has 2 aromatic carbocycles. The van der Waals surface area contributed by atoms with E-state index in [1.54, 1.807) is 31.4 Å². The molecule has 106 valence electrons. The fraction of sp³-hybridized carbons (Fsp3) is 0.200. The van der Waals surface area contributed by atoms with Crippen molar-refractivity contribution in [3.8, 4) is 16.9 Å². The van der Waals surface area contributed by atoms with Crippen LogP contribution in [0.1, 0.15) is 5.56 Å². The Kier molecular flexibility index (Phi) is 5.17. The lowest BCUT2D eigenvalue weighted by molar-refractivity contribution is 0.297. The van der Waals surface area contributed by atoms with E-state index in [4.69, 9.17) is 44.6 Å². The highest BCUT2D eigenvalue weighted by Crippen LogP contribution is 2.38. The first-order valence-corrected chi connectivity index (χ1v) is 7.13. The number of rotatable bonds is 4. The smallest absolute Gasteiger partial charge is 0.123 e. The van der Waals surface area contributed by atoms with Crippen molar-refractivity contribution in [3.05, 3.63) is 51.0 Å². The Labute approximate surface area is 132 Å². The van der Waals surface area contributed by atoms with E-state index in [0.717, 1.165) is 16.7 Å². The molecule has 0 amide bonds. The van der Waals surface area contributed by atoms with Crippen LogP contribution in [0.5, 0.6) is 5.75 Å². The topological polar surface area (TPSA) is 29.5 Å². The Morgan fingerprint density at radius 3 is 2.35 bits per heavy atom. The Morgan fingerprint density at radius 2 is 1.70 bits per heavy atom. The normalized spacial score (nSPS) is 10.7. The number of benzene rings is 2. The summed E-state index contributed by atoms with van der Waals surface area (Å²) in [6, 6.07) is 8.80. The van der Waals surface area contributed by atoms with Gasteiger partial charge in [0.05, 0.1) is 12.1 Å². The zero-order valence-corrected chi connectivity index (χ0v) is 13.1. The lowest BCUT2D eigenvalue weighted by Gasteiger charge is -2.13. The first-order valence-electron chi connectivity index (χ1n) is 5.99. The van der Waals surface area contributed by atoms with Gasteiger partial charge in [-0.1, -0.05) is 34.8 Å². The van der Waals surface area contributed by atoms with Crippen molar-refractivity contribution >= 4 is 34.8 Å². The number of hydrogen-bond donors (Lipinski definition) is 1. The molecule has 0 fully saturated rings. The van der Waals surface area contributed by atoms with E-state index in [1.165, 1.54) is 0 Å². The summed E-state index contributed by atoms with van der Waals surface area (Å²) >= 11 is 18.5. The molecule has 2 nitrogen and oxygen atoms in total. The summed E-state index contributed by atoms with van der Waals surface area (Å²) < 4.78 is 5.27. The average molecular weight is 332 g/mol. The van der Waals surface area contributed by atoms with E-state index >= 15 is 0 Å². The summed E-state index contributed by atoms with van der Waals surface area (Å²) in [5.74, 6) is 0.644. The van der Waals surface area contributed by atoms with Crippen LogP contribution in [0.2, 0.25) is 15.1 Å². The fourth-order valence-electron chi connectivity index (χ4n) is 2.02. The van der Waals surface area contributed by atoms with Crippen molar-refractivity contribution in [2.75, 3.05) is 13.7 Å².